The van der Waals surface area contributed by atoms with Gasteiger partial charge in [-0.3, -0.25) is 4.72 Å². The summed E-state index contributed by atoms with van der Waals surface area (Å²) in [7, 11) is -3.74. The molecular weight excluding hydrogens is 354 g/mol. The van der Waals surface area contributed by atoms with E-state index in [0.717, 1.165) is 0 Å². The van der Waals surface area contributed by atoms with Crippen LogP contribution in [0.25, 0.3) is 0 Å². The number of halogens is 2. The molecule has 0 aliphatic heterocycles. The van der Waals surface area contributed by atoms with Gasteiger partial charge in [-0.2, -0.15) is 0 Å². The first-order valence-electron chi connectivity index (χ1n) is 5.08. The van der Waals surface area contributed by atoms with Gasteiger partial charge in [-0.25, -0.2) is 13.4 Å². The van der Waals surface area contributed by atoms with Gasteiger partial charge in [0.2, 0.25) is 0 Å². The van der Waals surface area contributed by atoms with Crippen LogP contribution in [0.1, 0.15) is 0 Å². The van der Waals surface area contributed by atoms with Gasteiger partial charge in [0.1, 0.15) is 0 Å². The molecule has 0 saturated heterocycles. The summed E-state index contributed by atoms with van der Waals surface area (Å²) in [6, 6.07) is 7.44. The van der Waals surface area contributed by atoms with E-state index < -0.39 is 10.0 Å². The molecule has 0 bridgehead atoms. The van der Waals surface area contributed by atoms with Gasteiger partial charge in [0.05, 0.1) is 10.6 Å². The Morgan fingerprint density at radius 3 is 2.68 bits per heavy atom. The third-order valence-electron chi connectivity index (χ3n) is 2.29. The Hall–Kier alpha value is -1.31. The summed E-state index contributed by atoms with van der Waals surface area (Å²) in [6.07, 6.45) is 1.47. The van der Waals surface area contributed by atoms with Gasteiger partial charge in [-0.05, 0) is 46.3 Å². The standard InChI is InChI=1S/C11H9BrClN3O2S/c12-8-6-7(3-4-9(8)14)19(17,18)16-10-2-1-5-15-11(10)13/h1-6,16H,14H2. The van der Waals surface area contributed by atoms with Gasteiger partial charge in [-0.15, -0.1) is 0 Å². The van der Waals surface area contributed by atoms with E-state index in [0.29, 0.717) is 10.2 Å². The van der Waals surface area contributed by atoms with Crippen molar-refractivity contribution in [1.82, 2.24) is 4.98 Å². The maximum atomic E-state index is 12.2. The lowest BCUT2D eigenvalue weighted by Crippen LogP contribution is -2.13. The van der Waals surface area contributed by atoms with Crippen molar-refractivity contribution in [2.45, 2.75) is 4.90 Å². The quantitative estimate of drug-likeness (QED) is 0.649. The van der Waals surface area contributed by atoms with Crippen molar-refractivity contribution in [3.8, 4) is 0 Å². The molecule has 1 heterocycles. The van der Waals surface area contributed by atoms with Crippen molar-refractivity contribution in [2.75, 3.05) is 10.5 Å². The molecule has 0 unspecified atom stereocenters. The van der Waals surface area contributed by atoms with Crippen LogP contribution in [-0.2, 0) is 10.0 Å². The minimum absolute atomic E-state index is 0.0773. The average Bonchev–Trinajstić information content (AvgIpc) is 2.35. The molecule has 8 heteroatoms. The predicted molar refractivity (Wildman–Crippen MR) is 78.6 cm³/mol. The van der Waals surface area contributed by atoms with Crippen molar-refractivity contribution < 1.29 is 8.42 Å². The molecule has 0 aliphatic rings. The fraction of sp³-hybridized carbons (Fsp3) is 0. The molecule has 2 rings (SSSR count). The van der Waals surface area contributed by atoms with E-state index in [1.807, 2.05) is 0 Å². The maximum Gasteiger partial charge on any atom is 0.262 e. The van der Waals surface area contributed by atoms with Crippen molar-refractivity contribution in [3.05, 3.63) is 46.2 Å². The van der Waals surface area contributed by atoms with Crippen LogP contribution in [0.3, 0.4) is 0 Å². The van der Waals surface area contributed by atoms with Crippen LogP contribution in [0.4, 0.5) is 11.4 Å². The average molecular weight is 363 g/mol. The molecule has 100 valence electrons. The highest BCUT2D eigenvalue weighted by molar-refractivity contribution is 9.10. The number of pyridine rings is 1. The lowest BCUT2D eigenvalue weighted by atomic mass is 10.3. The van der Waals surface area contributed by atoms with Crippen LogP contribution in [0.15, 0.2) is 45.9 Å². The molecule has 0 saturated carbocycles. The summed E-state index contributed by atoms with van der Waals surface area (Å²) in [5, 5.41) is 0.0839. The van der Waals surface area contributed by atoms with E-state index in [1.54, 1.807) is 6.07 Å². The third-order valence-corrected chi connectivity index (χ3v) is 4.64. The molecular formula is C11H9BrClN3O2S. The lowest BCUT2D eigenvalue weighted by molar-refractivity contribution is 0.601. The van der Waals surface area contributed by atoms with E-state index in [9.17, 15) is 8.42 Å². The number of rotatable bonds is 3. The Balaban J connectivity index is 2.38. The zero-order chi connectivity index (χ0) is 14.0. The van der Waals surface area contributed by atoms with Crippen LogP contribution in [0, 0.1) is 0 Å². The Morgan fingerprint density at radius 2 is 2.05 bits per heavy atom. The lowest BCUT2D eigenvalue weighted by Gasteiger charge is -2.09. The second-order valence-corrected chi connectivity index (χ2v) is 6.53. The number of nitrogens with two attached hydrogens (primary N) is 1. The molecule has 0 aliphatic carbocycles. The maximum absolute atomic E-state index is 12.2. The zero-order valence-electron chi connectivity index (χ0n) is 9.47. The number of nitrogens with zero attached hydrogens (tertiary/aromatic N) is 1. The monoisotopic (exact) mass is 361 g/mol. The molecule has 2 aromatic rings. The van der Waals surface area contributed by atoms with E-state index in [1.165, 1.54) is 30.5 Å². The molecule has 3 N–H and O–H groups in total. The van der Waals surface area contributed by atoms with E-state index in [4.69, 9.17) is 17.3 Å². The fourth-order valence-corrected chi connectivity index (χ4v) is 3.19. The largest absolute Gasteiger partial charge is 0.398 e. The van der Waals surface area contributed by atoms with E-state index in [-0.39, 0.29) is 15.7 Å². The normalized spacial score (nSPS) is 11.3. The highest BCUT2D eigenvalue weighted by atomic mass is 79.9. The highest BCUT2D eigenvalue weighted by Gasteiger charge is 2.16. The Bertz CT molecular complexity index is 722. The summed E-state index contributed by atoms with van der Waals surface area (Å²) in [6.45, 7) is 0. The number of hydrogen-bond donors (Lipinski definition) is 2. The Morgan fingerprint density at radius 1 is 1.32 bits per heavy atom. The minimum Gasteiger partial charge on any atom is -0.398 e. The van der Waals surface area contributed by atoms with Crippen molar-refractivity contribution in [1.29, 1.82) is 0 Å². The van der Waals surface area contributed by atoms with Gasteiger partial charge in [0.25, 0.3) is 10.0 Å². The predicted octanol–water partition coefficient (Wildman–Crippen LogP) is 2.88. The molecule has 0 radical (unpaired) electrons. The summed E-state index contributed by atoms with van der Waals surface area (Å²) in [5.41, 5.74) is 6.29. The van der Waals surface area contributed by atoms with Crippen LogP contribution in [0.5, 0.6) is 0 Å². The van der Waals surface area contributed by atoms with Gasteiger partial charge >= 0.3 is 0 Å². The summed E-state index contributed by atoms with van der Waals surface area (Å²) in [5.74, 6) is 0. The summed E-state index contributed by atoms with van der Waals surface area (Å²) < 4.78 is 27.2. The summed E-state index contributed by atoms with van der Waals surface area (Å²) >= 11 is 8.99. The number of anilines is 2. The van der Waals surface area contributed by atoms with Crippen LogP contribution in [0.2, 0.25) is 5.15 Å². The van der Waals surface area contributed by atoms with Crippen LogP contribution in [-0.4, -0.2) is 13.4 Å². The minimum atomic E-state index is -3.74. The van der Waals surface area contributed by atoms with Crippen LogP contribution >= 0.6 is 27.5 Å². The first-order chi connectivity index (χ1) is 8.90. The van der Waals surface area contributed by atoms with Gasteiger partial charge in [0, 0.05) is 16.4 Å². The van der Waals surface area contributed by atoms with E-state index >= 15 is 0 Å². The van der Waals surface area contributed by atoms with Crippen molar-refractivity contribution in [3.63, 3.8) is 0 Å². The molecule has 5 nitrogen and oxygen atoms in total. The van der Waals surface area contributed by atoms with Crippen LogP contribution < -0.4 is 10.5 Å². The molecule has 1 aromatic heterocycles. The number of nitrogens with one attached hydrogen (secondary N) is 1. The van der Waals surface area contributed by atoms with Crippen molar-refractivity contribution >= 4 is 48.9 Å². The molecule has 0 fully saturated rings. The zero-order valence-corrected chi connectivity index (χ0v) is 12.6. The second kappa shape index (κ2) is 5.36. The number of aromatic nitrogens is 1. The van der Waals surface area contributed by atoms with Gasteiger partial charge in [0.15, 0.2) is 5.15 Å². The van der Waals surface area contributed by atoms with E-state index in [2.05, 4.69) is 25.6 Å². The topological polar surface area (TPSA) is 85.1 Å². The Kier molecular flexibility index (Phi) is 3.98. The second-order valence-electron chi connectivity index (χ2n) is 3.63. The first kappa shape index (κ1) is 14.1. The summed E-state index contributed by atoms with van der Waals surface area (Å²) in [4.78, 5) is 3.88. The SMILES string of the molecule is Nc1ccc(S(=O)(=O)Nc2cccnc2Cl)cc1Br. The molecule has 0 spiro atoms. The first-order valence-corrected chi connectivity index (χ1v) is 7.74. The third kappa shape index (κ3) is 3.17. The molecule has 0 atom stereocenters. The fourth-order valence-electron chi connectivity index (χ4n) is 1.34. The van der Waals surface area contributed by atoms with Gasteiger partial charge in [-0.1, -0.05) is 11.6 Å². The smallest absolute Gasteiger partial charge is 0.262 e. The van der Waals surface area contributed by atoms with Crippen molar-refractivity contribution in [2.24, 2.45) is 0 Å². The number of sulfonamides is 1. The Labute approximate surface area is 124 Å². The number of nitrogen functional groups attached to an aromatic ring is 1. The number of benzene rings is 1. The van der Waals surface area contributed by atoms with Gasteiger partial charge < -0.3 is 5.73 Å². The highest BCUT2D eigenvalue weighted by Crippen LogP contribution is 2.26. The molecule has 19 heavy (non-hydrogen) atoms. The molecule has 0 amide bonds. The number of hydrogen-bond acceptors (Lipinski definition) is 4. The molecule has 1 aromatic carbocycles.